The Balaban J connectivity index is 2.18. The fraction of sp³-hybridized carbons (Fsp3) is 0.600. The van der Waals surface area contributed by atoms with Crippen LogP contribution in [-0.4, -0.2) is 6.54 Å². The van der Waals surface area contributed by atoms with Crippen LogP contribution in [0.2, 0.25) is 0 Å². The standard InChI is InChI=1S/C10H14BrNS/c1-7-6-13-10(9(7)11)8-4-2-3-5-12-8/h6,8,12H,2-5H2,1H3. The summed E-state index contributed by atoms with van der Waals surface area (Å²) in [6.45, 7) is 3.33. The molecule has 1 aliphatic rings. The Labute approximate surface area is 91.7 Å². The number of hydrogen-bond acceptors (Lipinski definition) is 2. The highest BCUT2D eigenvalue weighted by atomic mass is 79.9. The molecule has 0 radical (unpaired) electrons. The van der Waals surface area contributed by atoms with Gasteiger partial charge in [0.25, 0.3) is 0 Å². The van der Waals surface area contributed by atoms with E-state index >= 15 is 0 Å². The average molecular weight is 260 g/mol. The number of piperidine rings is 1. The molecule has 1 nitrogen and oxygen atoms in total. The molecule has 0 spiro atoms. The molecule has 1 aromatic heterocycles. The summed E-state index contributed by atoms with van der Waals surface area (Å²) in [5, 5.41) is 5.80. The molecule has 1 aliphatic heterocycles. The van der Waals surface area contributed by atoms with Gasteiger partial charge in [0, 0.05) is 15.4 Å². The number of halogens is 1. The molecule has 2 heterocycles. The Morgan fingerprint density at radius 2 is 2.38 bits per heavy atom. The van der Waals surface area contributed by atoms with Crippen LogP contribution in [0.4, 0.5) is 0 Å². The lowest BCUT2D eigenvalue weighted by atomic mass is 10.0. The predicted octanol–water partition coefficient (Wildman–Crippen LogP) is 3.63. The van der Waals surface area contributed by atoms with E-state index in [4.69, 9.17) is 0 Å². The second kappa shape index (κ2) is 4.11. The van der Waals surface area contributed by atoms with E-state index in [-0.39, 0.29) is 0 Å². The zero-order valence-electron chi connectivity index (χ0n) is 7.77. The van der Waals surface area contributed by atoms with Crippen LogP contribution in [0.15, 0.2) is 9.85 Å². The zero-order valence-corrected chi connectivity index (χ0v) is 10.2. The van der Waals surface area contributed by atoms with Gasteiger partial charge in [0.2, 0.25) is 0 Å². The van der Waals surface area contributed by atoms with E-state index in [1.54, 1.807) is 0 Å². The molecule has 13 heavy (non-hydrogen) atoms. The summed E-state index contributed by atoms with van der Waals surface area (Å²) in [5.41, 5.74) is 1.37. The molecule has 0 aromatic carbocycles. The maximum absolute atomic E-state index is 3.66. The topological polar surface area (TPSA) is 12.0 Å². The summed E-state index contributed by atoms with van der Waals surface area (Å²) in [7, 11) is 0. The summed E-state index contributed by atoms with van der Waals surface area (Å²) in [6, 6.07) is 0.599. The lowest BCUT2D eigenvalue weighted by Gasteiger charge is -2.22. The van der Waals surface area contributed by atoms with Gasteiger partial charge in [-0.3, -0.25) is 0 Å². The minimum absolute atomic E-state index is 0.599. The van der Waals surface area contributed by atoms with Crippen molar-refractivity contribution >= 4 is 27.3 Å². The predicted molar refractivity (Wildman–Crippen MR) is 61.4 cm³/mol. The molecule has 0 saturated carbocycles. The van der Waals surface area contributed by atoms with Gasteiger partial charge in [-0.05, 0) is 53.2 Å². The Morgan fingerprint density at radius 1 is 1.54 bits per heavy atom. The van der Waals surface area contributed by atoms with Crippen LogP contribution in [-0.2, 0) is 0 Å². The molecule has 72 valence electrons. The fourth-order valence-corrected chi connectivity index (χ4v) is 3.63. The van der Waals surface area contributed by atoms with Crippen molar-refractivity contribution in [3.05, 3.63) is 20.3 Å². The summed E-state index contributed by atoms with van der Waals surface area (Å²) < 4.78 is 1.32. The largest absolute Gasteiger partial charge is 0.309 e. The molecule has 0 bridgehead atoms. The third-order valence-corrected chi connectivity index (χ3v) is 5.08. The van der Waals surface area contributed by atoms with Gasteiger partial charge < -0.3 is 5.32 Å². The highest BCUT2D eigenvalue weighted by Crippen LogP contribution is 2.35. The van der Waals surface area contributed by atoms with E-state index in [1.165, 1.54) is 40.7 Å². The quantitative estimate of drug-likeness (QED) is 0.813. The number of thiophene rings is 1. The van der Waals surface area contributed by atoms with Crippen LogP contribution in [0, 0.1) is 6.92 Å². The Hall–Kier alpha value is 0.140. The molecular formula is C10H14BrNS. The number of nitrogens with one attached hydrogen (secondary N) is 1. The van der Waals surface area contributed by atoms with Crippen LogP contribution in [0.3, 0.4) is 0 Å². The molecule has 0 aliphatic carbocycles. The molecule has 0 amide bonds. The average Bonchev–Trinajstić information content (AvgIpc) is 2.49. The summed E-state index contributed by atoms with van der Waals surface area (Å²) in [6.07, 6.45) is 3.98. The minimum atomic E-state index is 0.599. The van der Waals surface area contributed by atoms with Crippen molar-refractivity contribution in [2.24, 2.45) is 0 Å². The molecule has 1 saturated heterocycles. The number of rotatable bonds is 1. The molecule has 2 rings (SSSR count). The molecule has 3 heteroatoms. The Bertz CT molecular complexity index is 289. The SMILES string of the molecule is Cc1csc(C2CCCCN2)c1Br. The zero-order chi connectivity index (χ0) is 9.26. The smallest absolute Gasteiger partial charge is 0.0426 e. The van der Waals surface area contributed by atoms with Gasteiger partial charge in [-0.1, -0.05) is 6.42 Å². The van der Waals surface area contributed by atoms with E-state index in [1.807, 2.05) is 11.3 Å². The van der Waals surface area contributed by atoms with E-state index in [2.05, 4.69) is 33.6 Å². The molecule has 1 atom stereocenters. The molecule has 1 N–H and O–H groups in total. The molecule has 1 aromatic rings. The van der Waals surface area contributed by atoms with Crippen LogP contribution >= 0.6 is 27.3 Å². The van der Waals surface area contributed by atoms with Crippen molar-refractivity contribution in [1.82, 2.24) is 5.32 Å². The van der Waals surface area contributed by atoms with Gasteiger partial charge >= 0.3 is 0 Å². The third kappa shape index (κ3) is 1.97. The van der Waals surface area contributed by atoms with Gasteiger partial charge in [-0.2, -0.15) is 0 Å². The monoisotopic (exact) mass is 259 g/mol. The molecule has 1 unspecified atom stereocenters. The van der Waals surface area contributed by atoms with Crippen LogP contribution in [0.25, 0.3) is 0 Å². The maximum atomic E-state index is 3.66. The lowest BCUT2D eigenvalue weighted by Crippen LogP contribution is -2.26. The van der Waals surface area contributed by atoms with Crippen molar-refractivity contribution in [3.8, 4) is 0 Å². The normalized spacial score (nSPS) is 23.4. The Kier molecular flexibility index (Phi) is 3.06. The molecular weight excluding hydrogens is 246 g/mol. The third-order valence-electron chi connectivity index (χ3n) is 2.55. The lowest BCUT2D eigenvalue weighted by molar-refractivity contribution is 0.416. The van der Waals surface area contributed by atoms with Gasteiger partial charge in [0.1, 0.15) is 0 Å². The molecule has 1 fully saturated rings. The maximum Gasteiger partial charge on any atom is 0.0426 e. The Morgan fingerprint density at radius 3 is 2.92 bits per heavy atom. The highest BCUT2D eigenvalue weighted by molar-refractivity contribution is 9.10. The van der Waals surface area contributed by atoms with E-state index in [0.29, 0.717) is 6.04 Å². The second-order valence-electron chi connectivity index (χ2n) is 3.60. The van der Waals surface area contributed by atoms with Crippen LogP contribution < -0.4 is 5.32 Å². The van der Waals surface area contributed by atoms with Crippen LogP contribution in [0.5, 0.6) is 0 Å². The first-order chi connectivity index (χ1) is 6.29. The minimum Gasteiger partial charge on any atom is -0.309 e. The van der Waals surface area contributed by atoms with Gasteiger partial charge in [0.05, 0.1) is 0 Å². The number of hydrogen-bond donors (Lipinski definition) is 1. The van der Waals surface area contributed by atoms with E-state index in [9.17, 15) is 0 Å². The van der Waals surface area contributed by atoms with Crippen LogP contribution in [0.1, 0.15) is 35.7 Å². The van der Waals surface area contributed by atoms with Crippen molar-refractivity contribution < 1.29 is 0 Å². The summed E-state index contributed by atoms with van der Waals surface area (Å²) >= 11 is 5.53. The summed E-state index contributed by atoms with van der Waals surface area (Å²) in [5.74, 6) is 0. The second-order valence-corrected chi connectivity index (χ2v) is 5.30. The van der Waals surface area contributed by atoms with Gasteiger partial charge in [-0.25, -0.2) is 0 Å². The number of aryl methyl sites for hydroxylation is 1. The van der Waals surface area contributed by atoms with Crippen molar-refractivity contribution in [3.63, 3.8) is 0 Å². The highest BCUT2D eigenvalue weighted by Gasteiger charge is 2.19. The fourth-order valence-electron chi connectivity index (χ4n) is 1.76. The van der Waals surface area contributed by atoms with Crippen molar-refractivity contribution in [2.75, 3.05) is 6.54 Å². The first kappa shape index (κ1) is 9.69. The van der Waals surface area contributed by atoms with Crippen molar-refractivity contribution in [2.45, 2.75) is 32.2 Å². The van der Waals surface area contributed by atoms with Gasteiger partial charge in [0.15, 0.2) is 0 Å². The first-order valence-electron chi connectivity index (χ1n) is 4.76. The van der Waals surface area contributed by atoms with E-state index < -0.39 is 0 Å². The first-order valence-corrected chi connectivity index (χ1v) is 6.43. The van der Waals surface area contributed by atoms with E-state index in [0.717, 1.165) is 0 Å². The van der Waals surface area contributed by atoms with Gasteiger partial charge in [-0.15, -0.1) is 11.3 Å². The van der Waals surface area contributed by atoms with Crippen molar-refractivity contribution in [1.29, 1.82) is 0 Å². The summed E-state index contributed by atoms with van der Waals surface area (Å²) in [4.78, 5) is 1.48.